The van der Waals surface area contributed by atoms with Crippen LogP contribution in [-0.4, -0.2) is 68.4 Å². The number of sulfonamides is 1. The summed E-state index contributed by atoms with van der Waals surface area (Å²) in [5, 5.41) is 9.27. The van der Waals surface area contributed by atoms with Gasteiger partial charge in [0.2, 0.25) is 10.0 Å². The van der Waals surface area contributed by atoms with Crippen LogP contribution in [-0.2, 0) is 26.0 Å². The number of amides is 1. The number of fused-ring (bicyclic) bond motifs is 1. The number of nitrogens with zero attached hydrogens (tertiary/aromatic N) is 2. The lowest BCUT2D eigenvalue weighted by molar-refractivity contribution is -0.147. The van der Waals surface area contributed by atoms with Gasteiger partial charge in [0.1, 0.15) is 0 Å². The average Bonchev–Trinajstić information content (AvgIpc) is 2.88. The Labute approximate surface area is 146 Å². The van der Waals surface area contributed by atoms with Gasteiger partial charge in [0.15, 0.2) is 6.04 Å². The number of ether oxygens (including phenoxy) is 1. The monoisotopic (exact) mass is 368 g/mol. The molecule has 25 heavy (non-hydrogen) atoms. The summed E-state index contributed by atoms with van der Waals surface area (Å²) in [7, 11) is -3.39. The van der Waals surface area contributed by atoms with Gasteiger partial charge in [0.05, 0.1) is 25.2 Å². The Morgan fingerprint density at radius 3 is 2.68 bits per heavy atom. The van der Waals surface area contributed by atoms with E-state index in [0.29, 0.717) is 24.3 Å². The van der Waals surface area contributed by atoms with Gasteiger partial charge in [-0.2, -0.15) is 0 Å². The molecule has 9 heteroatoms. The van der Waals surface area contributed by atoms with Crippen molar-refractivity contribution in [3.8, 4) is 0 Å². The molecule has 1 amide bonds. The largest absolute Gasteiger partial charge is 0.480 e. The minimum atomic E-state index is -3.39. The SMILES string of the molecule is C[C@H]1Cc2cc(C(=O)N3CCOC[C@@H]3C(=O)O)ccc2N1S(C)(=O)=O. The Bertz CT molecular complexity index is 822. The number of carboxylic acids is 1. The maximum atomic E-state index is 12.7. The first-order chi connectivity index (χ1) is 11.7. The van der Waals surface area contributed by atoms with Gasteiger partial charge in [-0.15, -0.1) is 0 Å². The lowest BCUT2D eigenvalue weighted by atomic mass is 10.0. The summed E-state index contributed by atoms with van der Waals surface area (Å²) in [5.41, 5.74) is 1.70. The van der Waals surface area contributed by atoms with Gasteiger partial charge in [-0.3, -0.25) is 9.10 Å². The molecule has 2 aliphatic rings. The van der Waals surface area contributed by atoms with Crippen LogP contribution in [0.2, 0.25) is 0 Å². The van der Waals surface area contributed by atoms with Crippen LogP contribution in [0.3, 0.4) is 0 Å². The summed E-state index contributed by atoms with van der Waals surface area (Å²) >= 11 is 0. The fraction of sp³-hybridized carbons (Fsp3) is 0.500. The zero-order chi connectivity index (χ0) is 18.4. The van der Waals surface area contributed by atoms with Crippen LogP contribution in [0.4, 0.5) is 5.69 Å². The highest BCUT2D eigenvalue weighted by atomic mass is 32.2. The molecule has 0 bridgehead atoms. The van der Waals surface area contributed by atoms with Crippen molar-refractivity contribution in [2.24, 2.45) is 0 Å². The maximum absolute atomic E-state index is 12.7. The predicted molar refractivity (Wildman–Crippen MR) is 90.2 cm³/mol. The second-order valence-electron chi connectivity index (χ2n) is 6.38. The van der Waals surface area contributed by atoms with Crippen molar-refractivity contribution in [1.82, 2.24) is 4.90 Å². The Morgan fingerprint density at radius 2 is 2.04 bits per heavy atom. The van der Waals surface area contributed by atoms with Crippen molar-refractivity contribution in [3.05, 3.63) is 29.3 Å². The normalized spacial score (nSPS) is 23.4. The van der Waals surface area contributed by atoms with Gasteiger partial charge in [-0.1, -0.05) is 0 Å². The molecule has 0 spiro atoms. The number of anilines is 1. The van der Waals surface area contributed by atoms with Crippen LogP contribution in [0.15, 0.2) is 18.2 Å². The van der Waals surface area contributed by atoms with Crippen LogP contribution in [0.1, 0.15) is 22.8 Å². The van der Waals surface area contributed by atoms with Gasteiger partial charge in [-0.25, -0.2) is 13.2 Å². The predicted octanol–water partition coefficient (Wildman–Crippen LogP) is 0.323. The zero-order valence-electron chi connectivity index (χ0n) is 14.0. The molecule has 1 aromatic carbocycles. The van der Waals surface area contributed by atoms with Crippen LogP contribution in [0.5, 0.6) is 0 Å². The molecule has 1 saturated heterocycles. The summed E-state index contributed by atoms with van der Waals surface area (Å²) in [5.74, 6) is -1.49. The fourth-order valence-corrected chi connectivity index (χ4v) is 4.72. The van der Waals surface area contributed by atoms with E-state index < -0.39 is 22.0 Å². The van der Waals surface area contributed by atoms with E-state index in [4.69, 9.17) is 4.74 Å². The summed E-state index contributed by atoms with van der Waals surface area (Å²) < 4.78 is 30.4. The highest BCUT2D eigenvalue weighted by Crippen LogP contribution is 2.35. The third kappa shape index (κ3) is 3.21. The Kier molecular flexibility index (Phi) is 4.46. The molecule has 2 heterocycles. The first-order valence-electron chi connectivity index (χ1n) is 7.94. The van der Waals surface area contributed by atoms with Crippen molar-refractivity contribution in [2.75, 3.05) is 30.3 Å². The number of rotatable bonds is 3. The van der Waals surface area contributed by atoms with Crippen LogP contribution < -0.4 is 4.31 Å². The van der Waals surface area contributed by atoms with E-state index in [-0.39, 0.29) is 25.1 Å². The second-order valence-corrected chi connectivity index (χ2v) is 8.24. The summed E-state index contributed by atoms with van der Waals surface area (Å²) in [6, 6.07) is 3.59. The fourth-order valence-electron chi connectivity index (χ4n) is 3.46. The van der Waals surface area contributed by atoms with Crippen LogP contribution >= 0.6 is 0 Å². The molecule has 2 atom stereocenters. The first-order valence-corrected chi connectivity index (χ1v) is 9.79. The molecular weight excluding hydrogens is 348 g/mol. The molecule has 1 fully saturated rings. The number of benzene rings is 1. The topological polar surface area (TPSA) is 104 Å². The maximum Gasteiger partial charge on any atom is 0.328 e. The second kappa shape index (κ2) is 6.30. The lowest BCUT2D eigenvalue weighted by Gasteiger charge is -2.33. The third-order valence-corrected chi connectivity index (χ3v) is 5.78. The molecule has 1 aromatic rings. The minimum Gasteiger partial charge on any atom is -0.480 e. The first kappa shape index (κ1) is 17.7. The van der Waals surface area contributed by atoms with Crippen molar-refractivity contribution >= 4 is 27.6 Å². The van der Waals surface area contributed by atoms with Crippen molar-refractivity contribution in [1.29, 1.82) is 0 Å². The van der Waals surface area contributed by atoms with E-state index in [9.17, 15) is 23.1 Å². The van der Waals surface area contributed by atoms with Gasteiger partial charge in [-0.05, 0) is 37.1 Å². The van der Waals surface area contributed by atoms with Crippen LogP contribution in [0.25, 0.3) is 0 Å². The van der Waals surface area contributed by atoms with Crippen LogP contribution in [0, 0.1) is 0 Å². The van der Waals surface area contributed by atoms with Crippen molar-refractivity contribution in [2.45, 2.75) is 25.4 Å². The number of carboxylic acid groups (broad SMARTS) is 1. The molecule has 136 valence electrons. The zero-order valence-corrected chi connectivity index (χ0v) is 14.8. The van der Waals surface area contributed by atoms with Gasteiger partial charge < -0.3 is 14.7 Å². The Hall–Kier alpha value is -2.13. The number of carbonyl (C=O) groups excluding carboxylic acids is 1. The van der Waals surface area contributed by atoms with E-state index in [1.807, 2.05) is 6.92 Å². The molecule has 0 unspecified atom stereocenters. The van der Waals surface area contributed by atoms with E-state index >= 15 is 0 Å². The minimum absolute atomic E-state index is 0.0368. The van der Waals surface area contributed by atoms with Crippen molar-refractivity contribution in [3.63, 3.8) is 0 Å². The molecule has 2 aliphatic heterocycles. The molecule has 3 rings (SSSR count). The molecule has 0 saturated carbocycles. The highest BCUT2D eigenvalue weighted by Gasteiger charge is 2.36. The van der Waals surface area contributed by atoms with Gasteiger partial charge in [0, 0.05) is 18.2 Å². The molecule has 0 aliphatic carbocycles. The van der Waals surface area contributed by atoms with E-state index in [1.165, 1.54) is 9.21 Å². The standard InChI is InChI=1S/C16H20N2O6S/c1-10-7-12-8-11(3-4-13(12)18(10)25(2,22)23)15(19)17-5-6-24-9-14(17)16(20)21/h3-4,8,10,14H,5-7,9H2,1-2H3,(H,20,21)/t10-,14+/m0/s1. The lowest BCUT2D eigenvalue weighted by Crippen LogP contribution is -2.52. The number of morpholine rings is 1. The van der Waals surface area contributed by atoms with Gasteiger partial charge in [0.25, 0.3) is 5.91 Å². The smallest absolute Gasteiger partial charge is 0.328 e. The molecule has 8 nitrogen and oxygen atoms in total. The quantitative estimate of drug-likeness (QED) is 0.824. The molecular formula is C16H20N2O6S. The molecule has 0 radical (unpaired) electrons. The van der Waals surface area contributed by atoms with Gasteiger partial charge >= 0.3 is 5.97 Å². The highest BCUT2D eigenvalue weighted by molar-refractivity contribution is 7.92. The Balaban J connectivity index is 1.92. The van der Waals surface area contributed by atoms with Crippen molar-refractivity contribution < 1.29 is 27.9 Å². The molecule has 1 N–H and O–H groups in total. The number of carbonyl (C=O) groups is 2. The summed E-state index contributed by atoms with van der Waals surface area (Å²) in [4.78, 5) is 25.4. The Morgan fingerprint density at radius 1 is 1.32 bits per heavy atom. The average molecular weight is 368 g/mol. The molecule has 0 aromatic heterocycles. The summed E-state index contributed by atoms with van der Waals surface area (Å²) in [6.07, 6.45) is 1.66. The van der Waals surface area contributed by atoms with E-state index in [2.05, 4.69) is 0 Å². The van der Waals surface area contributed by atoms with E-state index in [0.717, 1.165) is 11.8 Å². The number of hydrogen-bond donors (Lipinski definition) is 1. The summed E-state index contributed by atoms with van der Waals surface area (Å²) in [6.45, 7) is 2.27. The number of hydrogen-bond acceptors (Lipinski definition) is 5. The third-order valence-electron chi connectivity index (χ3n) is 4.51. The number of aliphatic carboxylic acids is 1. The van der Waals surface area contributed by atoms with E-state index in [1.54, 1.807) is 18.2 Å².